The first-order valence-corrected chi connectivity index (χ1v) is 7.41. The fourth-order valence-corrected chi connectivity index (χ4v) is 3.14. The highest BCUT2D eigenvalue weighted by molar-refractivity contribution is 5.78. The lowest BCUT2D eigenvalue weighted by Gasteiger charge is -2.21. The van der Waals surface area contributed by atoms with E-state index < -0.39 is 42.5 Å². The lowest BCUT2D eigenvalue weighted by Crippen LogP contribution is -2.36. The second-order valence-electron chi connectivity index (χ2n) is 6.19. The summed E-state index contributed by atoms with van der Waals surface area (Å²) in [6.07, 6.45) is -2.61. The van der Waals surface area contributed by atoms with Gasteiger partial charge in [-0.15, -0.1) is 0 Å². The summed E-state index contributed by atoms with van der Waals surface area (Å²) in [4.78, 5) is 12.0. The number of benzene rings is 1. The lowest BCUT2D eigenvalue weighted by molar-refractivity contribution is -0.216. The van der Waals surface area contributed by atoms with Crippen molar-refractivity contribution in [3.05, 3.63) is 35.9 Å². The van der Waals surface area contributed by atoms with Gasteiger partial charge in [0.15, 0.2) is 30.4 Å². The molecule has 6 nitrogen and oxygen atoms in total. The minimum atomic E-state index is -0.744. The summed E-state index contributed by atoms with van der Waals surface area (Å²) >= 11 is 0. The molecule has 3 aliphatic heterocycles. The van der Waals surface area contributed by atoms with Crippen molar-refractivity contribution in [2.45, 2.75) is 56.9 Å². The van der Waals surface area contributed by atoms with Gasteiger partial charge in [-0.2, -0.15) is 0 Å². The van der Waals surface area contributed by atoms with Crippen LogP contribution in [0.15, 0.2) is 30.3 Å². The normalized spacial score (nSPS) is 38.6. The molecule has 3 aliphatic rings. The van der Waals surface area contributed by atoms with E-state index >= 15 is 0 Å². The van der Waals surface area contributed by atoms with Crippen LogP contribution in [0.5, 0.6) is 0 Å². The number of carbonyl (C=O) groups is 1. The Kier molecular flexibility index (Phi) is 3.23. The van der Waals surface area contributed by atoms with Gasteiger partial charge in [0, 0.05) is 0 Å². The molecule has 0 saturated carbocycles. The molecule has 3 saturated heterocycles. The van der Waals surface area contributed by atoms with Gasteiger partial charge in [0.05, 0.1) is 6.61 Å². The van der Waals surface area contributed by atoms with Crippen LogP contribution >= 0.6 is 0 Å². The molecule has 118 valence electrons. The minimum Gasteiger partial charge on any atom is -0.454 e. The van der Waals surface area contributed by atoms with Crippen LogP contribution in [0.3, 0.4) is 0 Å². The van der Waals surface area contributed by atoms with Gasteiger partial charge in [0.1, 0.15) is 6.10 Å². The van der Waals surface area contributed by atoms with Gasteiger partial charge >= 0.3 is 5.97 Å². The molecule has 22 heavy (non-hydrogen) atoms. The van der Waals surface area contributed by atoms with E-state index in [4.69, 9.17) is 23.7 Å². The Morgan fingerprint density at radius 2 is 1.86 bits per heavy atom. The van der Waals surface area contributed by atoms with Gasteiger partial charge in [-0.05, 0) is 19.4 Å². The Morgan fingerprint density at radius 3 is 2.64 bits per heavy atom. The first kappa shape index (κ1) is 14.1. The highest BCUT2D eigenvalue weighted by Gasteiger charge is 2.63. The van der Waals surface area contributed by atoms with Gasteiger partial charge in [-0.3, -0.25) is 0 Å². The van der Waals surface area contributed by atoms with Gasteiger partial charge in [0.25, 0.3) is 0 Å². The smallest absolute Gasteiger partial charge is 0.338 e. The van der Waals surface area contributed by atoms with Crippen LogP contribution in [-0.4, -0.2) is 42.5 Å². The maximum Gasteiger partial charge on any atom is 0.338 e. The van der Waals surface area contributed by atoms with Gasteiger partial charge < -0.3 is 23.7 Å². The summed E-state index contributed by atoms with van der Waals surface area (Å²) in [6.45, 7) is 3.95. The average molecular weight is 306 g/mol. The maximum absolute atomic E-state index is 12.0. The quantitative estimate of drug-likeness (QED) is 0.786. The standard InChI is InChI=1S/C16H18O6/c1-16(2)21-13-11-10(20-15(13)22-16)12(14(17)19-11)18-8-9-6-4-3-5-7-9/h3-7,10-13,15H,8H2,1-2H3/t10-,11-,12-,13+,15+/m0/s1. The third kappa shape index (κ3) is 2.32. The largest absolute Gasteiger partial charge is 0.454 e. The molecular weight excluding hydrogens is 288 g/mol. The third-order valence-electron chi connectivity index (χ3n) is 4.08. The van der Waals surface area contributed by atoms with E-state index in [1.807, 2.05) is 44.2 Å². The van der Waals surface area contributed by atoms with Crippen molar-refractivity contribution in [2.24, 2.45) is 0 Å². The van der Waals surface area contributed by atoms with Crippen LogP contribution in [0, 0.1) is 0 Å². The zero-order valence-electron chi connectivity index (χ0n) is 12.4. The van der Waals surface area contributed by atoms with E-state index in [-0.39, 0.29) is 0 Å². The van der Waals surface area contributed by atoms with Crippen molar-refractivity contribution in [3.63, 3.8) is 0 Å². The molecule has 0 radical (unpaired) electrons. The Labute approximate surface area is 128 Å². The lowest BCUT2D eigenvalue weighted by atomic mass is 10.1. The predicted octanol–water partition coefficient (Wildman–Crippen LogP) is 1.37. The van der Waals surface area contributed by atoms with Crippen LogP contribution in [0.25, 0.3) is 0 Å². The number of rotatable bonds is 3. The van der Waals surface area contributed by atoms with Gasteiger partial charge in [-0.1, -0.05) is 30.3 Å². The SMILES string of the molecule is CC1(C)O[C@H]2O[C@H]3[C@H](OC(=O)[C@H]3OCc3ccccc3)[C@H]2O1. The van der Waals surface area contributed by atoms with Crippen LogP contribution in [0.1, 0.15) is 19.4 Å². The Morgan fingerprint density at radius 1 is 1.09 bits per heavy atom. The topological polar surface area (TPSA) is 63.2 Å². The minimum absolute atomic E-state index is 0.329. The maximum atomic E-state index is 12.0. The summed E-state index contributed by atoms with van der Waals surface area (Å²) in [6, 6.07) is 9.66. The van der Waals surface area contributed by atoms with E-state index in [9.17, 15) is 4.79 Å². The molecule has 1 aromatic rings. The highest BCUT2D eigenvalue weighted by Crippen LogP contribution is 2.43. The summed E-state index contributed by atoms with van der Waals surface area (Å²) in [5.74, 6) is -1.13. The van der Waals surface area contributed by atoms with Gasteiger partial charge in [0.2, 0.25) is 0 Å². The molecule has 0 unspecified atom stereocenters. The first-order valence-electron chi connectivity index (χ1n) is 7.41. The molecule has 0 amide bonds. The van der Waals surface area contributed by atoms with Crippen LogP contribution in [0.2, 0.25) is 0 Å². The number of ether oxygens (including phenoxy) is 5. The molecule has 4 rings (SSSR count). The summed E-state index contributed by atoms with van der Waals surface area (Å²) in [7, 11) is 0. The molecule has 0 N–H and O–H groups in total. The zero-order valence-corrected chi connectivity index (χ0v) is 12.4. The van der Waals surface area contributed by atoms with Crippen LogP contribution in [-0.2, 0) is 35.1 Å². The van der Waals surface area contributed by atoms with E-state index in [0.29, 0.717) is 6.61 Å². The fourth-order valence-electron chi connectivity index (χ4n) is 3.14. The monoisotopic (exact) mass is 306 g/mol. The highest BCUT2D eigenvalue weighted by atomic mass is 16.8. The molecule has 6 heteroatoms. The molecule has 5 atom stereocenters. The molecular formula is C16H18O6. The van der Waals surface area contributed by atoms with Crippen molar-refractivity contribution >= 4 is 5.97 Å². The van der Waals surface area contributed by atoms with Gasteiger partial charge in [-0.25, -0.2) is 4.79 Å². The van der Waals surface area contributed by atoms with Crippen LogP contribution in [0.4, 0.5) is 0 Å². The zero-order chi connectivity index (χ0) is 15.3. The molecule has 0 spiro atoms. The Hall–Kier alpha value is -1.47. The van der Waals surface area contributed by atoms with E-state index in [0.717, 1.165) is 5.56 Å². The van der Waals surface area contributed by atoms with Crippen molar-refractivity contribution in [2.75, 3.05) is 0 Å². The van der Waals surface area contributed by atoms with Crippen molar-refractivity contribution in [3.8, 4) is 0 Å². The third-order valence-corrected chi connectivity index (χ3v) is 4.08. The number of hydrogen-bond donors (Lipinski definition) is 0. The summed E-state index contributed by atoms with van der Waals surface area (Å²) in [5.41, 5.74) is 0.991. The molecule has 0 aliphatic carbocycles. The number of hydrogen-bond acceptors (Lipinski definition) is 6. The molecule has 0 aromatic heterocycles. The first-order chi connectivity index (χ1) is 10.5. The van der Waals surface area contributed by atoms with Crippen LogP contribution < -0.4 is 0 Å². The summed E-state index contributed by atoms with van der Waals surface area (Å²) < 4.78 is 28.3. The summed E-state index contributed by atoms with van der Waals surface area (Å²) in [5, 5.41) is 0. The van der Waals surface area contributed by atoms with Crippen molar-refractivity contribution in [1.29, 1.82) is 0 Å². The molecule has 0 bridgehead atoms. The predicted molar refractivity (Wildman–Crippen MR) is 73.6 cm³/mol. The van der Waals surface area contributed by atoms with E-state index in [1.54, 1.807) is 0 Å². The number of esters is 1. The Balaban J connectivity index is 1.44. The van der Waals surface area contributed by atoms with E-state index in [1.165, 1.54) is 0 Å². The molecule has 3 fully saturated rings. The average Bonchev–Trinajstić information content (AvgIpc) is 3.05. The number of carbonyl (C=O) groups excluding carboxylic acids is 1. The molecule has 3 heterocycles. The van der Waals surface area contributed by atoms with Crippen molar-refractivity contribution in [1.82, 2.24) is 0 Å². The second kappa shape index (κ2) is 5.03. The number of fused-ring (bicyclic) bond motifs is 3. The van der Waals surface area contributed by atoms with Crippen molar-refractivity contribution < 1.29 is 28.5 Å². The fraction of sp³-hybridized carbons (Fsp3) is 0.562. The van der Waals surface area contributed by atoms with E-state index in [2.05, 4.69) is 0 Å². The Bertz CT molecular complexity index is 571. The second-order valence-corrected chi connectivity index (χ2v) is 6.19. The molecule has 1 aromatic carbocycles.